The lowest BCUT2D eigenvalue weighted by atomic mass is 10.0. The van der Waals surface area contributed by atoms with Crippen molar-refractivity contribution in [2.24, 2.45) is 5.16 Å². The highest BCUT2D eigenvalue weighted by molar-refractivity contribution is 5.98. The van der Waals surface area contributed by atoms with E-state index >= 15 is 0 Å². The lowest BCUT2D eigenvalue weighted by Crippen LogP contribution is -2.02. The zero-order valence-corrected chi connectivity index (χ0v) is 19.0. The van der Waals surface area contributed by atoms with E-state index in [1.54, 1.807) is 7.11 Å². The van der Waals surface area contributed by atoms with Crippen molar-refractivity contribution in [1.29, 1.82) is 0 Å². The van der Waals surface area contributed by atoms with Gasteiger partial charge in [0.25, 0.3) is 0 Å². The molecule has 0 heterocycles. The summed E-state index contributed by atoms with van der Waals surface area (Å²) < 4.78 is 11.8. The van der Waals surface area contributed by atoms with Gasteiger partial charge < -0.3 is 14.3 Å². The van der Waals surface area contributed by atoms with Crippen LogP contribution < -0.4 is 9.47 Å². The van der Waals surface area contributed by atoms with Gasteiger partial charge >= 0.3 is 0 Å². The fourth-order valence-electron chi connectivity index (χ4n) is 3.35. The molecule has 2 rings (SSSR count). The van der Waals surface area contributed by atoms with Gasteiger partial charge in [-0.25, -0.2) is 0 Å². The lowest BCUT2D eigenvalue weighted by molar-refractivity contribution is 0.213. The molecule has 0 saturated heterocycles. The van der Waals surface area contributed by atoms with Gasteiger partial charge in [0.05, 0.1) is 12.3 Å². The Labute approximate surface area is 181 Å². The van der Waals surface area contributed by atoms with Gasteiger partial charge in [-0.15, -0.1) is 0 Å². The molecule has 0 unspecified atom stereocenters. The molecule has 0 atom stereocenters. The Morgan fingerprint density at radius 1 is 0.967 bits per heavy atom. The Balaban J connectivity index is 1.72. The van der Waals surface area contributed by atoms with Crippen molar-refractivity contribution < 1.29 is 14.3 Å². The minimum absolute atomic E-state index is 0.596. The first-order valence-electron chi connectivity index (χ1n) is 10.7. The van der Waals surface area contributed by atoms with Gasteiger partial charge in [0.15, 0.2) is 0 Å². The molecule has 4 heteroatoms. The molecule has 2 aromatic rings. The quantitative estimate of drug-likeness (QED) is 0.176. The summed E-state index contributed by atoms with van der Waals surface area (Å²) in [5.74, 6) is 1.88. The van der Waals surface area contributed by atoms with Crippen molar-refractivity contribution in [3.8, 4) is 11.5 Å². The minimum Gasteiger partial charge on any atom is -0.493 e. The zero-order valence-electron chi connectivity index (χ0n) is 19.0. The van der Waals surface area contributed by atoms with Gasteiger partial charge in [-0.05, 0) is 87.8 Å². The molecule has 4 nitrogen and oxygen atoms in total. The third-order valence-corrected chi connectivity index (χ3v) is 4.97. The molecule has 0 aliphatic rings. The maximum Gasteiger partial charge on any atom is 0.125 e. The highest BCUT2D eigenvalue weighted by Crippen LogP contribution is 2.28. The van der Waals surface area contributed by atoms with E-state index in [-0.39, 0.29) is 0 Å². The van der Waals surface area contributed by atoms with Gasteiger partial charge in [-0.1, -0.05) is 41.6 Å². The molecule has 0 radical (unpaired) electrons. The molecule has 0 bridgehead atoms. The summed E-state index contributed by atoms with van der Waals surface area (Å²) in [5, 5.41) is 3.97. The Morgan fingerprint density at radius 3 is 2.30 bits per heavy atom. The number of rotatable bonds is 12. The van der Waals surface area contributed by atoms with Crippen LogP contribution in [0.15, 0.2) is 53.7 Å². The third-order valence-electron chi connectivity index (χ3n) is 4.97. The molecule has 0 N–H and O–H groups in total. The second-order valence-corrected chi connectivity index (χ2v) is 7.48. The monoisotopic (exact) mass is 409 g/mol. The number of hydrogen-bond donors (Lipinski definition) is 0. The number of hydrogen-bond acceptors (Lipinski definition) is 4. The van der Waals surface area contributed by atoms with Crippen molar-refractivity contribution in [2.45, 2.75) is 53.4 Å². The highest BCUT2D eigenvalue weighted by atomic mass is 16.6. The molecule has 162 valence electrons. The van der Waals surface area contributed by atoms with Crippen LogP contribution in [0.5, 0.6) is 11.5 Å². The number of aryl methyl sites for hydroxylation is 3. The Bertz CT molecular complexity index is 815. The molecular formula is C26H35NO3. The first-order valence-corrected chi connectivity index (χ1v) is 10.7. The van der Waals surface area contributed by atoms with Crippen LogP contribution in [0.3, 0.4) is 0 Å². The summed E-state index contributed by atoms with van der Waals surface area (Å²) in [5.41, 5.74) is 5.59. The largest absolute Gasteiger partial charge is 0.493 e. The van der Waals surface area contributed by atoms with Crippen LogP contribution >= 0.6 is 0 Å². The van der Waals surface area contributed by atoms with Crippen molar-refractivity contribution in [3.63, 3.8) is 0 Å². The second-order valence-electron chi connectivity index (χ2n) is 7.48. The van der Waals surface area contributed by atoms with Gasteiger partial charge in [0.2, 0.25) is 0 Å². The van der Waals surface area contributed by atoms with E-state index in [9.17, 15) is 0 Å². The second kappa shape index (κ2) is 12.7. The summed E-state index contributed by atoms with van der Waals surface area (Å²) in [6, 6.07) is 12.7. The molecule has 30 heavy (non-hydrogen) atoms. The van der Waals surface area contributed by atoms with Gasteiger partial charge in [-0.2, -0.15) is 0 Å². The van der Waals surface area contributed by atoms with Gasteiger partial charge in [0, 0.05) is 0 Å². The summed E-state index contributed by atoms with van der Waals surface area (Å²) in [4.78, 5) is 4.83. The van der Waals surface area contributed by atoms with E-state index in [0.29, 0.717) is 6.61 Å². The zero-order chi connectivity index (χ0) is 21.8. The van der Waals surface area contributed by atoms with E-state index in [0.717, 1.165) is 66.2 Å². The summed E-state index contributed by atoms with van der Waals surface area (Å²) in [6.45, 7) is 9.44. The fraction of sp³-hybridized carbons (Fsp3) is 0.423. The number of unbranched alkanes of at least 4 members (excludes halogenated alkanes) is 2. The van der Waals surface area contributed by atoms with Gasteiger partial charge in [-0.3, -0.25) is 0 Å². The number of ether oxygens (including phenoxy) is 2. The molecule has 0 aliphatic heterocycles. The van der Waals surface area contributed by atoms with Crippen molar-refractivity contribution in [2.75, 3.05) is 20.3 Å². The van der Waals surface area contributed by atoms with Crippen LogP contribution in [-0.2, 0) is 11.3 Å². The number of oxime groups is 1. The molecule has 0 aromatic heterocycles. The fourth-order valence-corrected chi connectivity index (χ4v) is 3.35. The smallest absolute Gasteiger partial charge is 0.125 e. The summed E-state index contributed by atoms with van der Waals surface area (Å²) in [7, 11) is 1.57. The average Bonchev–Trinajstić information content (AvgIpc) is 2.73. The number of allylic oxidation sites excluding steroid dienone is 1. The third kappa shape index (κ3) is 7.58. The molecule has 0 fully saturated rings. The van der Waals surface area contributed by atoms with Crippen molar-refractivity contribution in [3.05, 3.63) is 70.8 Å². The molecule has 0 amide bonds. The van der Waals surface area contributed by atoms with E-state index in [1.165, 1.54) is 5.56 Å². The predicted molar refractivity (Wildman–Crippen MR) is 125 cm³/mol. The van der Waals surface area contributed by atoms with Crippen LogP contribution in [0, 0.1) is 13.8 Å². The Hall–Kier alpha value is -2.75. The van der Waals surface area contributed by atoms with Crippen LogP contribution in [0.2, 0.25) is 0 Å². The summed E-state index contributed by atoms with van der Waals surface area (Å²) >= 11 is 0. The normalized spacial score (nSPS) is 11.7. The molecule has 0 spiro atoms. The van der Waals surface area contributed by atoms with Crippen LogP contribution in [0.4, 0.5) is 0 Å². The maximum absolute atomic E-state index is 6.07. The number of benzene rings is 2. The molecular weight excluding hydrogens is 374 g/mol. The standard InChI is InChI=1S/C26H35NO3/c1-6-7-16-29-25-18-20(2)26(21(3)19-25)30-17-10-8-9-11-23-12-14-24(15-13-23)22(4)27-28-5/h6-7,12-15,18-19H,8-11,16-17H2,1-5H3/b7-6+,27-22?. The van der Waals surface area contributed by atoms with Crippen molar-refractivity contribution >= 4 is 5.71 Å². The Kier molecular flexibility index (Phi) is 9.99. The first kappa shape index (κ1) is 23.5. The molecule has 0 saturated carbocycles. The van der Waals surface area contributed by atoms with E-state index < -0.39 is 0 Å². The predicted octanol–water partition coefficient (Wildman–Crippen LogP) is 6.42. The maximum atomic E-state index is 6.07. The molecule has 2 aromatic carbocycles. The van der Waals surface area contributed by atoms with E-state index in [2.05, 4.69) is 55.4 Å². The topological polar surface area (TPSA) is 40.0 Å². The highest BCUT2D eigenvalue weighted by Gasteiger charge is 2.07. The van der Waals surface area contributed by atoms with E-state index in [4.69, 9.17) is 14.3 Å². The van der Waals surface area contributed by atoms with Crippen LogP contribution in [0.25, 0.3) is 0 Å². The number of nitrogens with zero attached hydrogens (tertiary/aromatic N) is 1. The van der Waals surface area contributed by atoms with Crippen molar-refractivity contribution in [1.82, 2.24) is 0 Å². The SMILES string of the molecule is C/C=C/COc1cc(C)c(OCCCCCc2ccc(C(C)=NOC)cc2)c(C)c1. The molecule has 0 aliphatic carbocycles. The lowest BCUT2D eigenvalue weighted by Gasteiger charge is -2.14. The van der Waals surface area contributed by atoms with E-state index in [1.807, 2.05) is 26.0 Å². The average molecular weight is 410 g/mol. The first-order chi connectivity index (χ1) is 14.5. The Morgan fingerprint density at radius 2 is 1.67 bits per heavy atom. The van der Waals surface area contributed by atoms with Crippen LogP contribution in [-0.4, -0.2) is 26.0 Å². The van der Waals surface area contributed by atoms with Gasteiger partial charge in [0.1, 0.15) is 25.2 Å². The van der Waals surface area contributed by atoms with Crippen LogP contribution in [0.1, 0.15) is 55.4 Å². The minimum atomic E-state index is 0.596. The summed E-state index contributed by atoms with van der Waals surface area (Å²) in [6.07, 6.45) is 8.43.